The van der Waals surface area contributed by atoms with Gasteiger partial charge in [-0.2, -0.15) is 18.2 Å². The normalized spacial score (nSPS) is 16.9. The van der Waals surface area contributed by atoms with Crippen LogP contribution < -0.4 is 0 Å². The number of rotatable bonds is 2. The van der Waals surface area contributed by atoms with E-state index in [2.05, 4.69) is 20.1 Å². The highest BCUT2D eigenvalue weighted by molar-refractivity contribution is 6.02. The maximum absolute atomic E-state index is 13.1. The molecule has 0 saturated heterocycles. The predicted octanol–water partition coefficient (Wildman–Crippen LogP) is 4.11. The number of aryl methyl sites for hydroxylation is 1. The number of alkyl halides is 3. The molecule has 132 valence electrons. The van der Waals surface area contributed by atoms with Crippen LogP contribution in [0.15, 0.2) is 53.8 Å². The van der Waals surface area contributed by atoms with Crippen LogP contribution in [0.1, 0.15) is 35.0 Å². The standard InChI is InChI=1S/C18H14F3N5/c1-11-4-6-12(7-5-11)15-9-14(13-3-2-8-22-10-13)23-17-24-16(18(19,20)21)25-26(15)17/h2-8,10,15H,9H2,1H3. The lowest BCUT2D eigenvalue weighted by Gasteiger charge is -2.23. The molecule has 0 N–H and O–H groups in total. The van der Waals surface area contributed by atoms with Crippen LogP contribution in [-0.2, 0) is 6.18 Å². The van der Waals surface area contributed by atoms with E-state index in [9.17, 15) is 13.2 Å². The van der Waals surface area contributed by atoms with Gasteiger partial charge in [0.05, 0.1) is 11.8 Å². The van der Waals surface area contributed by atoms with Gasteiger partial charge in [-0.3, -0.25) is 4.98 Å². The van der Waals surface area contributed by atoms with Crippen molar-refractivity contribution in [1.82, 2.24) is 19.7 Å². The van der Waals surface area contributed by atoms with E-state index in [1.807, 2.05) is 37.3 Å². The van der Waals surface area contributed by atoms with Crippen LogP contribution in [0.25, 0.3) is 0 Å². The smallest absolute Gasteiger partial charge is 0.264 e. The second-order valence-corrected chi connectivity index (χ2v) is 6.11. The minimum absolute atomic E-state index is 0.0481. The van der Waals surface area contributed by atoms with Crippen molar-refractivity contribution in [2.24, 2.45) is 4.99 Å². The number of benzene rings is 1. The molecule has 1 aromatic carbocycles. The van der Waals surface area contributed by atoms with Crippen LogP contribution in [0.4, 0.5) is 19.1 Å². The van der Waals surface area contributed by atoms with Gasteiger partial charge in [0, 0.05) is 24.4 Å². The summed E-state index contributed by atoms with van der Waals surface area (Å²) in [7, 11) is 0. The van der Waals surface area contributed by atoms with E-state index in [4.69, 9.17) is 0 Å². The minimum atomic E-state index is -4.62. The van der Waals surface area contributed by atoms with E-state index in [1.165, 1.54) is 4.68 Å². The fourth-order valence-electron chi connectivity index (χ4n) is 2.92. The molecular weight excluding hydrogens is 343 g/mol. The summed E-state index contributed by atoms with van der Waals surface area (Å²) in [5.41, 5.74) is 3.32. The highest BCUT2D eigenvalue weighted by Crippen LogP contribution is 2.36. The van der Waals surface area contributed by atoms with E-state index in [1.54, 1.807) is 18.5 Å². The van der Waals surface area contributed by atoms with Crippen molar-refractivity contribution in [3.63, 3.8) is 0 Å². The molecule has 0 spiro atoms. The van der Waals surface area contributed by atoms with Crippen LogP contribution in [0, 0.1) is 6.92 Å². The van der Waals surface area contributed by atoms with Crippen LogP contribution in [0.2, 0.25) is 0 Å². The third kappa shape index (κ3) is 2.98. The van der Waals surface area contributed by atoms with E-state index in [-0.39, 0.29) is 5.95 Å². The molecule has 2 aromatic heterocycles. The second-order valence-electron chi connectivity index (χ2n) is 6.11. The first-order valence-electron chi connectivity index (χ1n) is 8.00. The van der Waals surface area contributed by atoms with Crippen molar-refractivity contribution in [3.05, 3.63) is 71.3 Å². The molecule has 0 bridgehead atoms. The molecule has 1 unspecified atom stereocenters. The Morgan fingerprint density at radius 1 is 1.12 bits per heavy atom. The molecule has 0 aliphatic carbocycles. The molecule has 1 aliphatic heterocycles. The number of nitrogens with zero attached hydrogens (tertiary/aromatic N) is 5. The van der Waals surface area contributed by atoms with Gasteiger partial charge >= 0.3 is 6.18 Å². The van der Waals surface area contributed by atoms with Crippen molar-refractivity contribution < 1.29 is 13.2 Å². The molecule has 26 heavy (non-hydrogen) atoms. The molecule has 5 nitrogen and oxygen atoms in total. The zero-order valence-corrected chi connectivity index (χ0v) is 13.8. The number of hydrogen-bond acceptors (Lipinski definition) is 4. The average molecular weight is 357 g/mol. The SMILES string of the molecule is Cc1ccc(C2CC(c3cccnc3)=Nc3nc(C(F)(F)F)nn32)cc1. The number of halogens is 3. The van der Waals surface area contributed by atoms with Gasteiger partial charge in [-0.25, -0.2) is 9.67 Å². The van der Waals surface area contributed by atoms with E-state index >= 15 is 0 Å². The highest BCUT2D eigenvalue weighted by Gasteiger charge is 2.39. The monoisotopic (exact) mass is 357 g/mol. The van der Waals surface area contributed by atoms with E-state index in [0.29, 0.717) is 12.1 Å². The van der Waals surface area contributed by atoms with Crippen molar-refractivity contribution >= 4 is 11.7 Å². The molecule has 0 saturated carbocycles. The summed E-state index contributed by atoms with van der Waals surface area (Å²) in [6.45, 7) is 1.95. The molecule has 0 radical (unpaired) electrons. The third-order valence-electron chi connectivity index (χ3n) is 4.24. The second kappa shape index (κ2) is 6.05. The molecule has 1 aliphatic rings. The number of hydrogen-bond donors (Lipinski definition) is 0. The summed E-state index contributed by atoms with van der Waals surface area (Å²) in [4.78, 5) is 12.0. The lowest BCUT2D eigenvalue weighted by molar-refractivity contribution is -0.145. The molecule has 3 aromatic rings. The van der Waals surface area contributed by atoms with Crippen LogP contribution >= 0.6 is 0 Å². The Labute approximate surface area is 147 Å². The molecular formula is C18H14F3N5. The summed E-state index contributed by atoms with van der Waals surface area (Å²) in [5, 5.41) is 3.69. The van der Waals surface area contributed by atoms with Gasteiger partial charge in [-0.1, -0.05) is 35.9 Å². The Kier molecular flexibility index (Phi) is 3.82. The Hall–Kier alpha value is -3.03. The largest absolute Gasteiger partial charge is 0.453 e. The van der Waals surface area contributed by atoms with Crippen LogP contribution in [0.5, 0.6) is 0 Å². The molecule has 3 heterocycles. The van der Waals surface area contributed by atoms with Crippen LogP contribution in [0.3, 0.4) is 0 Å². The predicted molar refractivity (Wildman–Crippen MR) is 89.4 cm³/mol. The lowest BCUT2D eigenvalue weighted by Crippen LogP contribution is -2.21. The molecule has 8 heteroatoms. The average Bonchev–Trinajstić information content (AvgIpc) is 3.07. The number of aliphatic imine (C=N–C) groups is 1. The maximum atomic E-state index is 13.1. The van der Waals surface area contributed by atoms with Crippen molar-refractivity contribution in [3.8, 4) is 0 Å². The quantitative estimate of drug-likeness (QED) is 0.693. The van der Waals surface area contributed by atoms with E-state index in [0.717, 1.165) is 16.7 Å². The summed E-state index contributed by atoms with van der Waals surface area (Å²) in [6.07, 6.45) is -0.940. The first-order valence-corrected chi connectivity index (χ1v) is 8.00. The van der Waals surface area contributed by atoms with Crippen molar-refractivity contribution in [2.45, 2.75) is 25.6 Å². The summed E-state index contributed by atoms with van der Waals surface area (Å²) < 4.78 is 40.5. The third-order valence-corrected chi connectivity index (χ3v) is 4.24. The van der Waals surface area contributed by atoms with Gasteiger partial charge in [-0.15, -0.1) is 5.10 Å². The number of fused-ring (bicyclic) bond motifs is 1. The van der Waals surface area contributed by atoms with Gasteiger partial charge in [0.1, 0.15) is 0 Å². The van der Waals surface area contributed by atoms with E-state index < -0.39 is 18.0 Å². The van der Waals surface area contributed by atoms with Crippen molar-refractivity contribution in [2.75, 3.05) is 0 Å². The topological polar surface area (TPSA) is 56.0 Å². The molecule has 1 atom stereocenters. The fourth-order valence-corrected chi connectivity index (χ4v) is 2.92. The fraction of sp³-hybridized carbons (Fsp3) is 0.222. The first-order chi connectivity index (χ1) is 12.4. The molecule has 4 rings (SSSR count). The first kappa shape index (κ1) is 16.4. The maximum Gasteiger partial charge on any atom is 0.453 e. The van der Waals surface area contributed by atoms with Crippen molar-refractivity contribution in [1.29, 1.82) is 0 Å². The van der Waals surface area contributed by atoms with Gasteiger partial charge in [0.2, 0.25) is 5.95 Å². The molecule has 0 amide bonds. The summed E-state index contributed by atoms with van der Waals surface area (Å²) in [5.74, 6) is -1.23. The zero-order chi connectivity index (χ0) is 18.3. The Morgan fingerprint density at radius 3 is 2.54 bits per heavy atom. The minimum Gasteiger partial charge on any atom is -0.264 e. The lowest BCUT2D eigenvalue weighted by atomic mass is 9.96. The van der Waals surface area contributed by atoms with Gasteiger partial charge in [-0.05, 0) is 18.6 Å². The van der Waals surface area contributed by atoms with Gasteiger partial charge in [0.25, 0.3) is 5.82 Å². The Bertz CT molecular complexity index is 959. The van der Waals surface area contributed by atoms with Crippen LogP contribution in [-0.4, -0.2) is 25.5 Å². The molecule has 0 fully saturated rings. The van der Waals surface area contributed by atoms with Gasteiger partial charge < -0.3 is 0 Å². The summed E-state index contributed by atoms with van der Waals surface area (Å²) in [6, 6.07) is 10.8. The Morgan fingerprint density at radius 2 is 1.88 bits per heavy atom. The van der Waals surface area contributed by atoms with Gasteiger partial charge in [0.15, 0.2) is 0 Å². The number of pyridine rings is 1. The number of aromatic nitrogens is 4. The zero-order valence-electron chi connectivity index (χ0n) is 13.8. The Balaban J connectivity index is 1.84. The summed E-state index contributed by atoms with van der Waals surface area (Å²) >= 11 is 0. The highest BCUT2D eigenvalue weighted by atomic mass is 19.4.